The minimum atomic E-state index is -3.89. The molecule has 6 aromatic carbocycles. The van der Waals surface area contributed by atoms with Crippen LogP contribution in [-0.2, 0) is 42.1 Å². The smallest absolute Gasteiger partial charge is 0.284 e. The summed E-state index contributed by atoms with van der Waals surface area (Å²) in [6.45, 7) is 16.9. The van der Waals surface area contributed by atoms with E-state index >= 15 is 0 Å². The first-order valence-corrected chi connectivity index (χ1v) is 39.2. The van der Waals surface area contributed by atoms with E-state index in [0.29, 0.717) is 34.7 Å². The van der Waals surface area contributed by atoms with Gasteiger partial charge in [0.15, 0.2) is 5.17 Å². The molecule has 19 heteroatoms. The summed E-state index contributed by atoms with van der Waals surface area (Å²) < 4.78 is 74.5. The Hall–Kier alpha value is -4.97. The predicted octanol–water partition coefficient (Wildman–Crippen LogP) is 13.6. The third-order valence-corrected chi connectivity index (χ3v) is 31.9. The molecule has 4 aliphatic rings. The van der Waals surface area contributed by atoms with Gasteiger partial charge in [-0.25, -0.2) is 5.01 Å². The number of sulfonamides is 2. The molecule has 12 nitrogen and oxygen atoms in total. The van der Waals surface area contributed by atoms with Crippen LogP contribution in [0.3, 0.4) is 0 Å². The highest BCUT2D eigenvalue weighted by Crippen LogP contribution is 2.43. The van der Waals surface area contributed by atoms with Gasteiger partial charge in [-0.2, -0.15) is 32.2 Å². The second-order valence-electron chi connectivity index (χ2n) is 24.2. The van der Waals surface area contributed by atoms with Gasteiger partial charge in [-0.15, -0.1) is 32.3 Å². The van der Waals surface area contributed by atoms with Crippen molar-refractivity contribution in [2.24, 2.45) is 35.0 Å². The van der Waals surface area contributed by atoms with Crippen molar-refractivity contribution < 1.29 is 25.7 Å². The van der Waals surface area contributed by atoms with Gasteiger partial charge in [0, 0.05) is 17.0 Å². The molecule has 2 spiro atoms. The Bertz CT molecular complexity index is 3350. The minimum absolute atomic E-state index is 0.0625. The van der Waals surface area contributed by atoms with Crippen LogP contribution in [0.15, 0.2) is 204 Å². The van der Waals surface area contributed by atoms with Gasteiger partial charge < -0.3 is 8.85 Å². The number of nitrogens with zero attached hydrogens (tertiary/aromatic N) is 6. The van der Waals surface area contributed by atoms with Crippen molar-refractivity contribution in [3.63, 3.8) is 0 Å². The van der Waals surface area contributed by atoms with Crippen molar-refractivity contribution in [3.8, 4) is 0 Å². The molecule has 2 aliphatic carbocycles. The van der Waals surface area contributed by atoms with Crippen LogP contribution in [0.4, 0.5) is 0 Å². The van der Waals surface area contributed by atoms with Gasteiger partial charge in [-0.05, 0) is 111 Å². The van der Waals surface area contributed by atoms with Gasteiger partial charge in [-0.1, -0.05) is 225 Å². The number of thioether (sulfide) groups is 3. The average Bonchev–Trinajstić information content (AvgIpc) is 1.85. The molecule has 0 bridgehead atoms. The van der Waals surface area contributed by atoms with Crippen LogP contribution in [0.1, 0.15) is 104 Å². The normalized spacial score (nSPS) is 16.8. The zero-order valence-corrected chi connectivity index (χ0v) is 56.2. The fourth-order valence-corrected chi connectivity index (χ4v) is 25.5. The van der Waals surface area contributed by atoms with E-state index in [9.17, 15) is 16.8 Å². The highest BCUT2D eigenvalue weighted by molar-refractivity contribution is 8.38. The van der Waals surface area contributed by atoms with Crippen molar-refractivity contribution in [2.45, 2.75) is 126 Å². The summed E-state index contributed by atoms with van der Waals surface area (Å²) in [5, 5.41) is 19.3. The maximum absolute atomic E-state index is 13.3. The van der Waals surface area contributed by atoms with Gasteiger partial charge in [0.2, 0.25) is 0 Å². The van der Waals surface area contributed by atoms with Gasteiger partial charge >= 0.3 is 0 Å². The van der Waals surface area contributed by atoms with Crippen molar-refractivity contribution in [1.29, 1.82) is 0 Å². The topological polar surface area (TPSA) is 152 Å². The fourth-order valence-electron chi connectivity index (χ4n) is 12.0. The third-order valence-electron chi connectivity index (χ3n) is 16.4. The molecule has 2 saturated carbocycles. The Labute approximate surface area is 515 Å². The van der Waals surface area contributed by atoms with Gasteiger partial charge in [-0.3, -0.25) is 0 Å². The van der Waals surface area contributed by atoms with E-state index in [1.54, 1.807) is 29.3 Å². The van der Waals surface area contributed by atoms with E-state index in [4.69, 9.17) is 8.85 Å². The summed E-state index contributed by atoms with van der Waals surface area (Å²) in [6, 6.07) is 55.7. The molecule has 2 aliphatic heterocycles. The Morgan fingerprint density at radius 3 is 1.21 bits per heavy atom. The van der Waals surface area contributed by atoms with Crippen LogP contribution in [0.2, 0.25) is 10.1 Å². The first-order valence-electron chi connectivity index (χ1n) is 28.8. The Morgan fingerprint density at radius 2 is 0.869 bits per heavy atom. The average molecular weight is 1260 g/mol. The Balaban J connectivity index is 0.000000192. The molecule has 0 radical (unpaired) electrons. The number of amidine groups is 1. The van der Waals surface area contributed by atoms with E-state index in [2.05, 4.69) is 163 Å². The molecular formula is C65H82N6O6S5Si2. The summed E-state index contributed by atoms with van der Waals surface area (Å²) in [7, 11) is -13.0. The van der Waals surface area contributed by atoms with E-state index in [-0.39, 0.29) is 25.3 Å². The first kappa shape index (κ1) is 65.0. The number of benzene rings is 6. The third kappa shape index (κ3) is 15.2. The van der Waals surface area contributed by atoms with Gasteiger partial charge in [0.25, 0.3) is 36.7 Å². The number of hydrogen-bond acceptors (Lipinski definition) is 12. The maximum atomic E-state index is 13.3. The second kappa shape index (κ2) is 28.2. The predicted molar refractivity (Wildman–Crippen MR) is 359 cm³/mol. The van der Waals surface area contributed by atoms with Crippen LogP contribution in [0, 0.1) is 10.8 Å². The highest BCUT2D eigenvalue weighted by atomic mass is 32.2. The molecule has 446 valence electrons. The summed E-state index contributed by atoms with van der Waals surface area (Å²) in [4.78, 5) is 0.347. The van der Waals surface area contributed by atoms with E-state index in [1.165, 1.54) is 94.6 Å². The fraction of sp³-hybridized carbons (Fsp3) is 0.400. The molecule has 0 N–H and O–H groups in total. The Kier molecular flexibility index (Phi) is 21.9. The molecule has 0 amide bonds. The standard InChI is InChI=1S/C32H39N3O3S2Si.C26H31NO3S3Si.C7H12N2/c1-31(2,3)41(28-13-7-5-8-14-28,29-15-9-6-10-16-29)38-23-26-17-19-27(20-18-26)40(36,37)34-30(39-4)35-25-32(24-33-35)21-11-12-22-32;1-26(2,3)34(23-12-8-6-9-13-23,24-14-10-7-11-15-24)30-20-21-16-18-22(19-17-21)33(28,29)27-25(31-4)32-5;1-2-4-7(3-1)5-8-9-6-7/h5-10,13-20,24H,11-12,21-23,25H2,1-4H3;6-19H,20H2,1-5H3;1-6H2. The van der Waals surface area contributed by atoms with Crippen molar-refractivity contribution in [3.05, 3.63) is 181 Å². The molecule has 2 fully saturated rings. The quantitative estimate of drug-likeness (QED) is 0.0585. The van der Waals surface area contributed by atoms with Gasteiger partial charge in [0.05, 0.1) is 42.6 Å². The lowest BCUT2D eigenvalue weighted by Gasteiger charge is -2.43. The molecule has 0 aromatic heterocycles. The van der Waals surface area contributed by atoms with E-state index in [1.807, 2.05) is 73.5 Å². The molecule has 6 aromatic rings. The largest absolute Gasteiger partial charge is 0.403 e. The lowest BCUT2D eigenvalue weighted by Crippen LogP contribution is -2.66. The molecule has 0 unspecified atom stereocenters. The lowest BCUT2D eigenvalue weighted by molar-refractivity contribution is 0.286. The highest BCUT2D eigenvalue weighted by Gasteiger charge is 2.51. The van der Waals surface area contributed by atoms with E-state index < -0.39 is 36.7 Å². The zero-order chi connectivity index (χ0) is 60.1. The lowest BCUT2D eigenvalue weighted by atomic mass is 9.88. The summed E-state index contributed by atoms with van der Waals surface area (Å²) in [5.41, 5.74) is 2.46. The molecule has 0 atom stereocenters. The van der Waals surface area contributed by atoms with Crippen molar-refractivity contribution in [1.82, 2.24) is 5.01 Å². The van der Waals surface area contributed by atoms with Crippen molar-refractivity contribution in [2.75, 3.05) is 38.4 Å². The van der Waals surface area contributed by atoms with Crippen molar-refractivity contribution >= 4 is 108 Å². The van der Waals surface area contributed by atoms with Crippen LogP contribution in [0.5, 0.6) is 0 Å². The molecule has 2 heterocycles. The monoisotopic (exact) mass is 1260 g/mol. The maximum Gasteiger partial charge on any atom is 0.284 e. The summed E-state index contributed by atoms with van der Waals surface area (Å²) in [6.07, 6.45) is 17.6. The molecule has 0 saturated heterocycles. The number of rotatable bonds is 14. The van der Waals surface area contributed by atoms with Crippen LogP contribution in [0.25, 0.3) is 0 Å². The van der Waals surface area contributed by atoms with Crippen LogP contribution < -0.4 is 20.7 Å². The second-order valence-corrected chi connectivity index (χ2v) is 38.6. The molecule has 84 heavy (non-hydrogen) atoms. The SMILES string of the molecule is C1CCC2(C1)CN=NC2.CSC(=NS(=O)(=O)c1ccc(CO[Si](c2ccccc2)(c2ccccc2)C(C)(C)C)cc1)N1CC2(C=N1)CCCC2.CSC(=NS(=O)(=O)c1ccc(CO[Si](c2ccccc2)(c2ccccc2)C(C)(C)C)cc1)SC. The van der Waals surface area contributed by atoms with Crippen LogP contribution in [-0.4, -0.2) is 92.6 Å². The Morgan fingerprint density at radius 1 is 0.512 bits per heavy atom. The number of hydrazone groups is 1. The van der Waals surface area contributed by atoms with Crippen LogP contribution >= 0.6 is 35.3 Å². The van der Waals surface area contributed by atoms with E-state index in [0.717, 1.165) is 37.1 Å². The first-order chi connectivity index (χ1) is 40.1. The van der Waals surface area contributed by atoms with Gasteiger partial charge in [0.1, 0.15) is 4.38 Å². The zero-order valence-electron chi connectivity index (χ0n) is 50.1. The summed E-state index contributed by atoms with van der Waals surface area (Å²) in [5.74, 6) is 0. The summed E-state index contributed by atoms with van der Waals surface area (Å²) >= 11 is 3.95. The molecular weight excluding hydrogens is 1180 g/mol. The minimum Gasteiger partial charge on any atom is -0.403 e. The number of hydrogen-bond donors (Lipinski definition) is 0. The number of azo groups is 1. The molecule has 10 rings (SSSR count).